The minimum absolute atomic E-state index is 0.603. The highest BCUT2D eigenvalue weighted by atomic mass is 15.3. The zero-order valence-electron chi connectivity index (χ0n) is 11.6. The van der Waals surface area contributed by atoms with Gasteiger partial charge in [0.15, 0.2) is 0 Å². The molecule has 0 aromatic carbocycles. The maximum absolute atomic E-state index is 5.57. The molecule has 0 saturated carbocycles. The van der Waals surface area contributed by atoms with E-state index in [1.54, 1.807) is 0 Å². The van der Waals surface area contributed by atoms with Crippen LogP contribution in [0.25, 0.3) is 0 Å². The summed E-state index contributed by atoms with van der Waals surface area (Å²) in [5.74, 6) is 1.37. The van der Waals surface area contributed by atoms with Crippen LogP contribution in [0.15, 0.2) is 12.3 Å². The van der Waals surface area contributed by atoms with Gasteiger partial charge < -0.3 is 10.6 Å². The Labute approximate surface area is 105 Å². The van der Waals surface area contributed by atoms with Crippen LogP contribution in [-0.2, 0) is 6.54 Å². The molecule has 17 heavy (non-hydrogen) atoms. The summed E-state index contributed by atoms with van der Waals surface area (Å²) in [6.07, 6.45) is 4.30. The van der Waals surface area contributed by atoms with E-state index in [1.165, 1.54) is 6.42 Å². The molecule has 1 heterocycles. The van der Waals surface area contributed by atoms with Gasteiger partial charge in [0.05, 0.1) is 0 Å². The Morgan fingerprint density at radius 3 is 2.65 bits per heavy atom. The Balaban J connectivity index is 2.21. The highest BCUT2D eigenvalue weighted by molar-refractivity contribution is 5.23. The molecule has 0 amide bonds. The standard InChI is InChI=1S/C13H26N4/c1-11(2)10-12(3)16(4)7-5-8-17-9-6-13(14)15-17/h6,9,11-12H,5,7-8,10H2,1-4H3,(H2,14,15). The van der Waals surface area contributed by atoms with Crippen molar-refractivity contribution in [1.82, 2.24) is 14.7 Å². The lowest BCUT2D eigenvalue weighted by molar-refractivity contribution is 0.221. The van der Waals surface area contributed by atoms with Gasteiger partial charge in [-0.05, 0) is 45.3 Å². The highest BCUT2D eigenvalue weighted by Gasteiger charge is 2.10. The third kappa shape index (κ3) is 5.22. The Morgan fingerprint density at radius 2 is 2.12 bits per heavy atom. The van der Waals surface area contributed by atoms with Gasteiger partial charge in [0, 0.05) is 18.8 Å². The van der Waals surface area contributed by atoms with Crippen LogP contribution in [0.4, 0.5) is 5.82 Å². The fourth-order valence-corrected chi connectivity index (χ4v) is 2.07. The minimum atomic E-state index is 0.603. The summed E-state index contributed by atoms with van der Waals surface area (Å²) in [5.41, 5.74) is 5.57. The molecule has 0 spiro atoms. The average molecular weight is 238 g/mol. The minimum Gasteiger partial charge on any atom is -0.382 e. The lowest BCUT2D eigenvalue weighted by Gasteiger charge is -2.26. The van der Waals surface area contributed by atoms with Gasteiger partial charge in [0.2, 0.25) is 0 Å². The molecule has 0 aliphatic carbocycles. The molecule has 2 N–H and O–H groups in total. The van der Waals surface area contributed by atoms with Gasteiger partial charge in [-0.1, -0.05) is 13.8 Å². The first-order chi connectivity index (χ1) is 7.99. The summed E-state index contributed by atoms with van der Waals surface area (Å²) >= 11 is 0. The van der Waals surface area contributed by atoms with E-state index < -0.39 is 0 Å². The third-order valence-corrected chi connectivity index (χ3v) is 3.12. The number of anilines is 1. The van der Waals surface area contributed by atoms with Crippen LogP contribution in [0.3, 0.4) is 0 Å². The second-order valence-electron chi connectivity index (χ2n) is 5.32. The summed E-state index contributed by atoms with van der Waals surface area (Å²) in [6.45, 7) is 8.89. The van der Waals surface area contributed by atoms with Gasteiger partial charge in [-0.15, -0.1) is 0 Å². The number of hydrogen-bond donors (Lipinski definition) is 1. The van der Waals surface area contributed by atoms with E-state index in [-0.39, 0.29) is 0 Å². The van der Waals surface area contributed by atoms with Gasteiger partial charge >= 0.3 is 0 Å². The first-order valence-corrected chi connectivity index (χ1v) is 6.48. The van der Waals surface area contributed by atoms with Crippen LogP contribution in [0.1, 0.15) is 33.6 Å². The van der Waals surface area contributed by atoms with Gasteiger partial charge in [0.1, 0.15) is 5.82 Å². The quantitative estimate of drug-likeness (QED) is 0.792. The van der Waals surface area contributed by atoms with Gasteiger partial charge in [0.25, 0.3) is 0 Å². The van der Waals surface area contributed by atoms with Crippen molar-refractivity contribution < 1.29 is 0 Å². The Hall–Kier alpha value is -1.03. The number of nitrogen functional groups attached to an aromatic ring is 1. The number of nitrogens with two attached hydrogens (primary N) is 1. The number of rotatable bonds is 7. The normalized spacial score (nSPS) is 13.5. The van der Waals surface area contributed by atoms with Crippen LogP contribution >= 0.6 is 0 Å². The molecule has 1 aromatic rings. The predicted molar refractivity (Wildman–Crippen MR) is 72.8 cm³/mol. The van der Waals surface area contributed by atoms with Crippen molar-refractivity contribution in [2.24, 2.45) is 5.92 Å². The fourth-order valence-electron chi connectivity index (χ4n) is 2.07. The topological polar surface area (TPSA) is 47.1 Å². The molecule has 0 saturated heterocycles. The molecule has 1 aromatic heterocycles. The molecule has 0 aliphatic rings. The number of nitrogens with zero attached hydrogens (tertiary/aromatic N) is 3. The molecule has 4 heteroatoms. The van der Waals surface area contributed by atoms with Gasteiger partial charge in [-0.2, -0.15) is 5.10 Å². The molecule has 0 aliphatic heterocycles. The highest BCUT2D eigenvalue weighted by Crippen LogP contribution is 2.10. The number of hydrogen-bond acceptors (Lipinski definition) is 3. The average Bonchev–Trinajstić information content (AvgIpc) is 2.63. The Bertz CT molecular complexity index is 319. The molecule has 0 radical (unpaired) electrons. The maximum Gasteiger partial charge on any atom is 0.145 e. The van der Waals surface area contributed by atoms with Crippen molar-refractivity contribution in [3.05, 3.63) is 12.3 Å². The molecule has 4 nitrogen and oxygen atoms in total. The van der Waals surface area contributed by atoms with Crippen LogP contribution in [0.5, 0.6) is 0 Å². The van der Waals surface area contributed by atoms with Crippen LogP contribution < -0.4 is 5.73 Å². The number of aromatic nitrogens is 2. The Kier molecular flexibility index (Phi) is 5.48. The summed E-state index contributed by atoms with van der Waals surface area (Å²) in [5, 5.41) is 4.18. The first-order valence-electron chi connectivity index (χ1n) is 6.48. The van der Waals surface area contributed by atoms with E-state index in [0.717, 1.165) is 25.4 Å². The molecule has 98 valence electrons. The van der Waals surface area contributed by atoms with E-state index in [9.17, 15) is 0 Å². The van der Waals surface area contributed by atoms with Crippen molar-refractivity contribution in [2.75, 3.05) is 19.3 Å². The molecular formula is C13H26N4. The van der Waals surface area contributed by atoms with Gasteiger partial charge in [-0.3, -0.25) is 4.68 Å². The molecular weight excluding hydrogens is 212 g/mol. The molecule has 1 unspecified atom stereocenters. The van der Waals surface area contributed by atoms with Crippen molar-refractivity contribution in [1.29, 1.82) is 0 Å². The number of aryl methyl sites for hydroxylation is 1. The monoisotopic (exact) mass is 238 g/mol. The van der Waals surface area contributed by atoms with E-state index in [2.05, 4.69) is 37.8 Å². The lowest BCUT2D eigenvalue weighted by Crippen LogP contribution is -2.31. The van der Waals surface area contributed by atoms with Crippen molar-refractivity contribution in [2.45, 2.75) is 46.2 Å². The smallest absolute Gasteiger partial charge is 0.145 e. The van der Waals surface area contributed by atoms with Crippen LogP contribution in [-0.4, -0.2) is 34.3 Å². The summed E-state index contributed by atoms with van der Waals surface area (Å²) in [6, 6.07) is 2.49. The fraction of sp³-hybridized carbons (Fsp3) is 0.769. The van der Waals surface area contributed by atoms with E-state index in [4.69, 9.17) is 5.73 Å². The van der Waals surface area contributed by atoms with Crippen molar-refractivity contribution >= 4 is 5.82 Å². The van der Waals surface area contributed by atoms with Crippen molar-refractivity contribution in [3.63, 3.8) is 0 Å². The molecule has 1 rings (SSSR count). The Morgan fingerprint density at radius 1 is 1.41 bits per heavy atom. The van der Waals surface area contributed by atoms with Crippen molar-refractivity contribution in [3.8, 4) is 0 Å². The summed E-state index contributed by atoms with van der Waals surface area (Å²) in [4.78, 5) is 2.42. The molecule has 0 fully saturated rings. The summed E-state index contributed by atoms with van der Waals surface area (Å²) < 4.78 is 1.91. The maximum atomic E-state index is 5.57. The SMILES string of the molecule is CC(C)CC(C)N(C)CCCn1ccc(N)n1. The summed E-state index contributed by atoms with van der Waals surface area (Å²) in [7, 11) is 2.20. The molecule has 0 bridgehead atoms. The first kappa shape index (κ1) is 14.0. The second kappa shape index (κ2) is 6.64. The van der Waals surface area contributed by atoms with E-state index >= 15 is 0 Å². The zero-order valence-corrected chi connectivity index (χ0v) is 11.6. The van der Waals surface area contributed by atoms with Crippen LogP contribution in [0, 0.1) is 5.92 Å². The van der Waals surface area contributed by atoms with E-state index in [0.29, 0.717) is 11.9 Å². The third-order valence-electron chi connectivity index (χ3n) is 3.12. The van der Waals surface area contributed by atoms with E-state index in [1.807, 2.05) is 16.9 Å². The molecule has 1 atom stereocenters. The zero-order chi connectivity index (χ0) is 12.8. The predicted octanol–water partition coefficient (Wildman–Crippen LogP) is 2.22. The second-order valence-corrected chi connectivity index (χ2v) is 5.32. The largest absolute Gasteiger partial charge is 0.382 e. The lowest BCUT2D eigenvalue weighted by atomic mass is 10.0. The van der Waals surface area contributed by atoms with Crippen LogP contribution in [0.2, 0.25) is 0 Å². The van der Waals surface area contributed by atoms with Gasteiger partial charge in [-0.25, -0.2) is 0 Å².